The van der Waals surface area contributed by atoms with E-state index in [0.717, 1.165) is 6.07 Å². The predicted octanol–water partition coefficient (Wildman–Crippen LogP) is 3.17. The number of esters is 1. The molecule has 0 aromatic heterocycles. The Morgan fingerprint density at radius 3 is 2.45 bits per heavy atom. The maximum atomic E-state index is 13.9. The summed E-state index contributed by atoms with van der Waals surface area (Å²) in [4.78, 5) is 11.9. The third kappa shape index (κ3) is 2.68. The second-order valence-corrected chi connectivity index (χ2v) is 6.10. The van der Waals surface area contributed by atoms with Crippen LogP contribution in [0.5, 0.6) is 0 Å². The molecule has 1 saturated heterocycles. The summed E-state index contributed by atoms with van der Waals surface area (Å²) < 4.78 is 37.5. The van der Waals surface area contributed by atoms with Crippen LogP contribution >= 0.6 is 0 Å². The summed E-state index contributed by atoms with van der Waals surface area (Å²) in [6.45, 7) is 7.11. The molecule has 2 atom stereocenters. The first-order chi connectivity index (χ1) is 9.17. The van der Waals surface area contributed by atoms with E-state index in [4.69, 9.17) is 9.47 Å². The van der Waals surface area contributed by atoms with Gasteiger partial charge in [-0.3, -0.25) is 4.79 Å². The van der Waals surface area contributed by atoms with Crippen LogP contribution in [0.2, 0.25) is 0 Å². The van der Waals surface area contributed by atoms with Gasteiger partial charge in [0.1, 0.15) is 17.7 Å². The van der Waals surface area contributed by atoms with Crippen LogP contribution in [-0.4, -0.2) is 18.7 Å². The van der Waals surface area contributed by atoms with Gasteiger partial charge in [0.05, 0.1) is 12.0 Å². The van der Waals surface area contributed by atoms with Crippen molar-refractivity contribution in [2.45, 2.75) is 39.4 Å². The predicted molar refractivity (Wildman–Crippen MR) is 69.0 cm³/mol. The molecule has 0 saturated carbocycles. The van der Waals surface area contributed by atoms with Gasteiger partial charge in [0.2, 0.25) is 0 Å². The minimum Gasteiger partial charge on any atom is -0.459 e. The van der Waals surface area contributed by atoms with Gasteiger partial charge >= 0.3 is 5.97 Å². The van der Waals surface area contributed by atoms with E-state index in [1.807, 2.05) is 0 Å². The lowest BCUT2D eigenvalue weighted by atomic mass is 9.93. The molecule has 3 nitrogen and oxygen atoms in total. The molecule has 0 aliphatic carbocycles. The summed E-state index contributed by atoms with van der Waals surface area (Å²) in [7, 11) is 0. The largest absolute Gasteiger partial charge is 0.459 e. The Morgan fingerprint density at radius 1 is 1.40 bits per heavy atom. The second kappa shape index (κ2) is 4.81. The maximum absolute atomic E-state index is 13.9. The molecule has 0 radical (unpaired) electrons. The third-order valence-electron chi connectivity index (χ3n) is 3.40. The Hall–Kier alpha value is -1.49. The molecule has 2 rings (SSSR count). The van der Waals surface area contributed by atoms with Gasteiger partial charge in [0.25, 0.3) is 0 Å². The monoisotopic (exact) mass is 284 g/mol. The van der Waals surface area contributed by atoms with Crippen LogP contribution in [0.1, 0.15) is 33.3 Å². The van der Waals surface area contributed by atoms with Crippen LogP contribution in [0.25, 0.3) is 0 Å². The van der Waals surface area contributed by atoms with Crippen molar-refractivity contribution < 1.29 is 23.0 Å². The first-order valence-corrected chi connectivity index (χ1v) is 6.47. The third-order valence-corrected chi connectivity index (χ3v) is 3.40. The number of epoxide rings is 1. The Bertz CT molecular complexity index is 530. The van der Waals surface area contributed by atoms with Gasteiger partial charge in [-0.15, -0.1) is 0 Å². The lowest BCUT2D eigenvalue weighted by Gasteiger charge is -2.25. The van der Waals surface area contributed by atoms with Crippen molar-refractivity contribution in [3.05, 3.63) is 35.4 Å². The number of carbonyl (C=O) groups is 1. The van der Waals surface area contributed by atoms with E-state index >= 15 is 0 Å². The van der Waals surface area contributed by atoms with Gasteiger partial charge in [-0.2, -0.15) is 0 Å². The van der Waals surface area contributed by atoms with Crippen molar-refractivity contribution in [1.29, 1.82) is 0 Å². The molecular weight excluding hydrogens is 266 g/mol. The number of halogens is 2. The quantitative estimate of drug-likeness (QED) is 0.632. The van der Waals surface area contributed by atoms with E-state index in [0.29, 0.717) is 0 Å². The van der Waals surface area contributed by atoms with Crippen molar-refractivity contribution in [1.82, 2.24) is 0 Å². The van der Waals surface area contributed by atoms with Crippen LogP contribution in [-0.2, 0) is 19.9 Å². The smallest absolute Gasteiger partial charge is 0.311 e. The van der Waals surface area contributed by atoms with Crippen molar-refractivity contribution in [2.24, 2.45) is 5.41 Å². The van der Waals surface area contributed by atoms with Gasteiger partial charge in [0, 0.05) is 11.6 Å². The van der Waals surface area contributed by atoms with Crippen molar-refractivity contribution in [3.63, 3.8) is 0 Å². The highest BCUT2D eigenvalue weighted by Gasteiger charge is 2.55. The van der Waals surface area contributed by atoms with Crippen LogP contribution in [0, 0.1) is 17.0 Å². The second-order valence-electron chi connectivity index (χ2n) is 6.10. The van der Waals surface area contributed by atoms with Crippen LogP contribution in [0.3, 0.4) is 0 Å². The van der Waals surface area contributed by atoms with Crippen molar-refractivity contribution in [2.75, 3.05) is 6.61 Å². The molecule has 1 aromatic rings. The highest BCUT2D eigenvalue weighted by atomic mass is 19.1. The number of ether oxygens (including phenoxy) is 2. The zero-order valence-corrected chi connectivity index (χ0v) is 12.0. The number of hydrogen-bond donors (Lipinski definition) is 0. The van der Waals surface area contributed by atoms with Gasteiger partial charge in [-0.1, -0.05) is 6.07 Å². The highest BCUT2D eigenvalue weighted by molar-refractivity contribution is 5.75. The molecule has 1 heterocycles. The number of carbonyl (C=O) groups excluding carboxylic acids is 1. The van der Waals surface area contributed by atoms with Crippen LogP contribution in [0.15, 0.2) is 18.2 Å². The fourth-order valence-electron chi connectivity index (χ4n) is 1.95. The van der Waals surface area contributed by atoms with E-state index in [-0.39, 0.29) is 18.1 Å². The molecule has 0 unspecified atom stereocenters. The topological polar surface area (TPSA) is 38.8 Å². The summed E-state index contributed by atoms with van der Waals surface area (Å²) in [6, 6.07) is 3.30. The van der Waals surface area contributed by atoms with Gasteiger partial charge in [-0.05, 0) is 33.8 Å². The standard InChI is InChI=1S/C15H18F2O3/c1-9(20-13(18)14(2,3)4)15(8-19-15)11-6-5-10(16)7-12(11)17/h5-7,9H,8H2,1-4H3/t9-,15-/m1/s1. The average Bonchev–Trinajstić information content (AvgIpc) is 3.08. The van der Waals surface area contributed by atoms with E-state index < -0.39 is 28.8 Å². The zero-order chi connectivity index (χ0) is 15.1. The summed E-state index contributed by atoms with van der Waals surface area (Å²) in [5, 5.41) is 0. The molecule has 1 aliphatic heterocycles. The first-order valence-electron chi connectivity index (χ1n) is 6.47. The Morgan fingerprint density at radius 2 is 2.00 bits per heavy atom. The normalized spacial score (nSPS) is 23.3. The molecule has 1 aliphatic rings. The summed E-state index contributed by atoms with van der Waals surface area (Å²) in [5.74, 6) is -1.73. The SMILES string of the molecule is C[C@@H](OC(=O)C(C)(C)C)[C@@]1(c2ccc(F)cc2F)CO1. The molecule has 0 spiro atoms. The van der Waals surface area contributed by atoms with Gasteiger partial charge in [-0.25, -0.2) is 8.78 Å². The van der Waals surface area contributed by atoms with Crippen LogP contribution < -0.4 is 0 Å². The van der Waals surface area contributed by atoms with Crippen molar-refractivity contribution >= 4 is 5.97 Å². The molecule has 20 heavy (non-hydrogen) atoms. The number of rotatable bonds is 3. The molecular formula is C15H18F2O3. The summed E-state index contributed by atoms with van der Waals surface area (Å²) in [5.41, 5.74) is -1.43. The van der Waals surface area contributed by atoms with E-state index in [2.05, 4.69) is 0 Å². The molecule has 110 valence electrons. The Kier molecular flexibility index (Phi) is 3.58. The zero-order valence-electron chi connectivity index (χ0n) is 12.0. The average molecular weight is 284 g/mol. The highest BCUT2D eigenvalue weighted by Crippen LogP contribution is 2.45. The molecule has 0 bridgehead atoms. The molecule has 1 fully saturated rings. The molecule has 0 N–H and O–H groups in total. The van der Waals surface area contributed by atoms with Crippen LogP contribution in [0.4, 0.5) is 8.78 Å². The van der Waals surface area contributed by atoms with E-state index in [1.54, 1.807) is 27.7 Å². The Balaban J connectivity index is 2.21. The fraction of sp³-hybridized carbons (Fsp3) is 0.533. The fourth-order valence-corrected chi connectivity index (χ4v) is 1.95. The van der Waals surface area contributed by atoms with Gasteiger partial charge in [0.15, 0.2) is 5.60 Å². The molecule has 5 heteroatoms. The van der Waals surface area contributed by atoms with E-state index in [9.17, 15) is 13.6 Å². The van der Waals surface area contributed by atoms with Crippen molar-refractivity contribution in [3.8, 4) is 0 Å². The summed E-state index contributed by atoms with van der Waals surface area (Å²) in [6.07, 6.45) is -0.644. The summed E-state index contributed by atoms with van der Waals surface area (Å²) >= 11 is 0. The minimum absolute atomic E-state index is 0.216. The lowest BCUT2D eigenvalue weighted by Crippen LogP contribution is -2.35. The first kappa shape index (κ1) is 14.9. The van der Waals surface area contributed by atoms with E-state index in [1.165, 1.54) is 12.1 Å². The van der Waals surface area contributed by atoms with Gasteiger partial charge < -0.3 is 9.47 Å². The minimum atomic E-state index is -1.00. The maximum Gasteiger partial charge on any atom is 0.311 e. The number of hydrogen-bond acceptors (Lipinski definition) is 3. The molecule has 1 aromatic carbocycles. The molecule has 0 amide bonds. The Labute approximate surface area is 116 Å². The number of benzene rings is 1. The lowest BCUT2D eigenvalue weighted by molar-refractivity contribution is -0.161.